The third-order valence-electron chi connectivity index (χ3n) is 2.47. The zero-order valence-electron chi connectivity index (χ0n) is 9.62. The number of nitrogens with one attached hydrogen (secondary N) is 1. The molecule has 1 N–H and O–H groups in total. The molecule has 0 radical (unpaired) electrons. The van der Waals surface area contributed by atoms with E-state index in [-0.39, 0.29) is 5.95 Å². The van der Waals surface area contributed by atoms with Crippen LogP contribution in [0.3, 0.4) is 0 Å². The van der Waals surface area contributed by atoms with Crippen molar-refractivity contribution in [2.75, 3.05) is 5.32 Å². The molecule has 3 aromatic rings. The van der Waals surface area contributed by atoms with Crippen LogP contribution in [0, 0.1) is 5.82 Å². The monoisotopic (exact) mass is 257 g/mol. The van der Waals surface area contributed by atoms with Crippen LogP contribution in [-0.2, 0) is 0 Å². The van der Waals surface area contributed by atoms with Crippen molar-refractivity contribution in [2.24, 2.45) is 0 Å². The van der Waals surface area contributed by atoms with Gasteiger partial charge >= 0.3 is 0 Å². The Morgan fingerprint density at radius 2 is 2.05 bits per heavy atom. The number of rotatable bonds is 2. The first-order valence-corrected chi connectivity index (χ1v) is 5.46. The molecular formula is C12H8FN5O. The molecule has 0 bridgehead atoms. The standard InChI is InChI=1S/C12H8FN5O/c13-9-3-1-8(2-4-9)11(19)16-12-15-10-7-14-5-6-18(10)17-12/h1-7H,(H,16,17,19). The van der Waals surface area contributed by atoms with Crippen molar-refractivity contribution in [1.82, 2.24) is 19.6 Å². The van der Waals surface area contributed by atoms with Gasteiger partial charge in [0.25, 0.3) is 5.91 Å². The maximum atomic E-state index is 12.7. The number of halogens is 1. The van der Waals surface area contributed by atoms with Crippen LogP contribution in [0.1, 0.15) is 10.4 Å². The van der Waals surface area contributed by atoms with Gasteiger partial charge in [-0.1, -0.05) is 0 Å². The zero-order valence-corrected chi connectivity index (χ0v) is 9.62. The van der Waals surface area contributed by atoms with E-state index in [9.17, 15) is 9.18 Å². The van der Waals surface area contributed by atoms with Crippen molar-refractivity contribution in [3.8, 4) is 0 Å². The minimum atomic E-state index is -0.399. The number of aromatic nitrogens is 4. The van der Waals surface area contributed by atoms with Gasteiger partial charge < -0.3 is 0 Å². The van der Waals surface area contributed by atoms with Gasteiger partial charge in [-0.15, -0.1) is 5.10 Å². The smallest absolute Gasteiger partial charge is 0.258 e. The fourth-order valence-corrected chi connectivity index (χ4v) is 1.57. The van der Waals surface area contributed by atoms with Crippen LogP contribution in [0.5, 0.6) is 0 Å². The topological polar surface area (TPSA) is 72.2 Å². The maximum Gasteiger partial charge on any atom is 0.258 e. The number of fused-ring (bicyclic) bond motifs is 1. The van der Waals surface area contributed by atoms with E-state index in [0.717, 1.165) is 0 Å². The van der Waals surface area contributed by atoms with Crippen LogP contribution in [0.25, 0.3) is 5.65 Å². The Bertz CT molecular complexity index is 704. The van der Waals surface area contributed by atoms with E-state index in [1.54, 1.807) is 12.4 Å². The van der Waals surface area contributed by atoms with E-state index >= 15 is 0 Å². The van der Waals surface area contributed by atoms with Crippen LogP contribution in [0.2, 0.25) is 0 Å². The van der Waals surface area contributed by atoms with E-state index in [1.807, 2.05) is 0 Å². The number of hydrogen-bond donors (Lipinski definition) is 1. The highest BCUT2D eigenvalue weighted by molar-refractivity contribution is 6.03. The summed E-state index contributed by atoms with van der Waals surface area (Å²) in [4.78, 5) is 19.8. The van der Waals surface area contributed by atoms with E-state index < -0.39 is 11.7 Å². The molecule has 0 saturated carbocycles. The summed E-state index contributed by atoms with van der Waals surface area (Å²) in [5.74, 6) is -0.625. The van der Waals surface area contributed by atoms with E-state index in [2.05, 4.69) is 20.4 Å². The predicted octanol–water partition coefficient (Wildman–Crippen LogP) is 1.52. The molecule has 19 heavy (non-hydrogen) atoms. The first kappa shape index (κ1) is 11.3. The Morgan fingerprint density at radius 3 is 2.79 bits per heavy atom. The van der Waals surface area contributed by atoms with Crippen molar-refractivity contribution in [3.63, 3.8) is 0 Å². The summed E-state index contributed by atoms with van der Waals surface area (Å²) in [5.41, 5.74) is 0.857. The first-order valence-electron chi connectivity index (χ1n) is 5.46. The molecule has 0 spiro atoms. The van der Waals surface area contributed by atoms with Gasteiger partial charge in [-0.3, -0.25) is 15.1 Å². The molecule has 94 valence electrons. The second kappa shape index (κ2) is 4.45. The Labute approximate surface area is 106 Å². The molecular weight excluding hydrogens is 249 g/mol. The normalized spacial score (nSPS) is 10.6. The first-order chi connectivity index (χ1) is 9.22. The van der Waals surface area contributed by atoms with Crippen LogP contribution < -0.4 is 5.32 Å². The maximum absolute atomic E-state index is 12.7. The highest BCUT2D eigenvalue weighted by atomic mass is 19.1. The molecule has 3 rings (SSSR count). The summed E-state index contributed by atoms with van der Waals surface area (Å²) >= 11 is 0. The van der Waals surface area contributed by atoms with Crippen molar-refractivity contribution < 1.29 is 9.18 Å². The van der Waals surface area contributed by atoms with Gasteiger partial charge in [0.15, 0.2) is 5.65 Å². The van der Waals surface area contributed by atoms with Gasteiger partial charge in [-0.25, -0.2) is 8.91 Å². The lowest BCUT2D eigenvalue weighted by molar-refractivity contribution is 0.102. The number of carbonyl (C=O) groups excluding carboxylic acids is 1. The largest absolute Gasteiger partial charge is 0.289 e. The molecule has 0 atom stereocenters. The average molecular weight is 257 g/mol. The lowest BCUT2D eigenvalue weighted by Gasteiger charge is -2.00. The minimum absolute atomic E-state index is 0.169. The molecule has 6 nitrogen and oxygen atoms in total. The lowest BCUT2D eigenvalue weighted by Crippen LogP contribution is -2.13. The summed E-state index contributed by atoms with van der Waals surface area (Å²) in [5, 5.41) is 6.59. The fraction of sp³-hybridized carbons (Fsp3) is 0. The number of amides is 1. The SMILES string of the molecule is O=C(Nc1nc2cnccn2n1)c1ccc(F)cc1. The number of nitrogens with zero attached hydrogens (tertiary/aromatic N) is 4. The van der Waals surface area contributed by atoms with E-state index in [4.69, 9.17) is 0 Å². The summed E-state index contributed by atoms with van der Waals surface area (Å²) in [6.07, 6.45) is 4.71. The molecule has 0 saturated heterocycles. The Balaban J connectivity index is 1.84. The van der Waals surface area contributed by atoms with Gasteiger partial charge in [-0.2, -0.15) is 4.98 Å². The summed E-state index contributed by atoms with van der Waals surface area (Å²) in [6, 6.07) is 5.22. The second-order valence-corrected chi connectivity index (χ2v) is 3.78. The van der Waals surface area contributed by atoms with E-state index in [0.29, 0.717) is 11.2 Å². The lowest BCUT2D eigenvalue weighted by atomic mass is 10.2. The summed E-state index contributed by atoms with van der Waals surface area (Å²) in [7, 11) is 0. The van der Waals surface area contributed by atoms with Crippen LogP contribution >= 0.6 is 0 Å². The molecule has 1 amide bonds. The van der Waals surface area contributed by atoms with Gasteiger partial charge in [0.1, 0.15) is 5.82 Å². The molecule has 2 heterocycles. The van der Waals surface area contributed by atoms with Gasteiger partial charge in [-0.05, 0) is 24.3 Å². The van der Waals surface area contributed by atoms with Gasteiger partial charge in [0.05, 0.1) is 6.20 Å². The Hall–Kier alpha value is -2.83. The Kier molecular flexibility index (Phi) is 2.64. The highest BCUT2D eigenvalue weighted by Crippen LogP contribution is 2.07. The van der Waals surface area contributed by atoms with E-state index in [1.165, 1.54) is 35.0 Å². The summed E-state index contributed by atoms with van der Waals surface area (Å²) < 4.78 is 14.2. The molecule has 0 aliphatic rings. The Morgan fingerprint density at radius 1 is 1.26 bits per heavy atom. The molecule has 0 unspecified atom stereocenters. The molecule has 0 fully saturated rings. The predicted molar refractivity (Wildman–Crippen MR) is 65.1 cm³/mol. The number of hydrogen-bond acceptors (Lipinski definition) is 4. The van der Waals surface area contributed by atoms with Crippen molar-refractivity contribution >= 4 is 17.5 Å². The van der Waals surface area contributed by atoms with Gasteiger partial charge in [0, 0.05) is 18.0 Å². The molecule has 1 aromatic carbocycles. The number of anilines is 1. The molecule has 2 aromatic heterocycles. The minimum Gasteiger partial charge on any atom is -0.289 e. The van der Waals surface area contributed by atoms with Crippen molar-refractivity contribution in [2.45, 2.75) is 0 Å². The van der Waals surface area contributed by atoms with Crippen LogP contribution in [-0.4, -0.2) is 25.5 Å². The third-order valence-corrected chi connectivity index (χ3v) is 2.47. The van der Waals surface area contributed by atoms with Crippen molar-refractivity contribution in [1.29, 1.82) is 0 Å². The zero-order chi connectivity index (χ0) is 13.2. The third kappa shape index (κ3) is 2.25. The van der Waals surface area contributed by atoms with Gasteiger partial charge in [0.2, 0.25) is 5.95 Å². The molecule has 0 aliphatic heterocycles. The van der Waals surface area contributed by atoms with Crippen molar-refractivity contribution in [3.05, 3.63) is 54.2 Å². The fourth-order valence-electron chi connectivity index (χ4n) is 1.57. The average Bonchev–Trinajstić information content (AvgIpc) is 2.81. The summed E-state index contributed by atoms with van der Waals surface area (Å²) in [6.45, 7) is 0. The second-order valence-electron chi connectivity index (χ2n) is 3.78. The molecule has 7 heteroatoms. The van der Waals surface area contributed by atoms with Crippen LogP contribution in [0.4, 0.5) is 10.3 Å². The number of benzene rings is 1. The molecule has 0 aliphatic carbocycles. The number of carbonyl (C=O) groups is 1. The quantitative estimate of drug-likeness (QED) is 0.755. The highest BCUT2D eigenvalue weighted by Gasteiger charge is 2.09. The van der Waals surface area contributed by atoms with Crippen LogP contribution in [0.15, 0.2) is 42.9 Å².